The number of nitrogens with zero attached hydrogens (tertiary/aromatic N) is 4. The molecule has 50 heavy (non-hydrogen) atoms. The van der Waals surface area contributed by atoms with Crippen LogP contribution >= 0.6 is 0 Å². The van der Waals surface area contributed by atoms with Gasteiger partial charge in [-0.2, -0.15) is 0 Å². The number of ether oxygens (including phenoxy) is 4. The molecule has 4 aromatic carbocycles. The summed E-state index contributed by atoms with van der Waals surface area (Å²) < 4.78 is 41.4. The summed E-state index contributed by atoms with van der Waals surface area (Å²) in [4.78, 5) is 26.0. The summed E-state index contributed by atoms with van der Waals surface area (Å²) in [5, 5.41) is 11.2. The van der Waals surface area contributed by atoms with Crippen molar-refractivity contribution in [2.45, 2.75) is 36.6 Å². The Morgan fingerprint density at radius 2 is 1.40 bits per heavy atom. The first kappa shape index (κ1) is 33.0. The number of hydrogen-bond acceptors (Lipinski definition) is 9. The smallest absolute Gasteiger partial charge is 0.173 e. The van der Waals surface area contributed by atoms with Gasteiger partial charge in [0.2, 0.25) is 0 Å². The number of aliphatic hydroxyl groups is 1. The van der Waals surface area contributed by atoms with E-state index >= 15 is 4.39 Å². The predicted octanol–water partition coefficient (Wildman–Crippen LogP) is 5.87. The number of rotatable bonds is 12. The molecule has 6 aromatic rings. The molecule has 0 radical (unpaired) electrons. The van der Waals surface area contributed by atoms with Crippen LogP contribution in [0.4, 0.5) is 4.39 Å². The van der Waals surface area contributed by atoms with Gasteiger partial charge in [0.05, 0.1) is 39.3 Å². The molecule has 1 fully saturated rings. The molecule has 10 nitrogen and oxygen atoms in total. The fraction of sp³-hybridized carbons (Fsp3) is 0.231. The summed E-state index contributed by atoms with van der Waals surface area (Å²) in [6.45, 7) is -0.177. The molecule has 0 aliphatic carbocycles. The zero-order valence-electron chi connectivity index (χ0n) is 27.4. The number of alkyl halides is 1. The number of methoxy groups -OCH3 is 2. The number of carbonyl (C=O) groups excluding carboxylic acids is 1. The molecule has 0 amide bonds. The molecular weight excluding hydrogens is 639 g/mol. The first-order chi connectivity index (χ1) is 24.4. The third-order valence-electron chi connectivity index (χ3n) is 9.06. The van der Waals surface area contributed by atoms with Crippen LogP contribution in [-0.4, -0.2) is 69.6 Å². The maximum Gasteiger partial charge on any atom is 0.173 e. The van der Waals surface area contributed by atoms with Crippen LogP contribution in [0.5, 0.6) is 11.5 Å². The number of halogens is 1. The van der Waals surface area contributed by atoms with Crippen LogP contribution in [0, 0.1) is 0 Å². The van der Waals surface area contributed by atoms with E-state index in [0.29, 0.717) is 28.3 Å². The molecule has 1 N–H and O–H groups in total. The Morgan fingerprint density at radius 1 is 0.820 bits per heavy atom. The summed E-state index contributed by atoms with van der Waals surface area (Å²) in [6, 6.07) is 33.6. The molecule has 3 heterocycles. The molecule has 7 rings (SSSR count). The lowest BCUT2D eigenvalue weighted by atomic mass is 9.80. The fourth-order valence-corrected chi connectivity index (χ4v) is 6.44. The van der Waals surface area contributed by atoms with Crippen LogP contribution in [0.1, 0.15) is 39.0 Å². The Morgan fingerprint density at radius 3 is 2.00 bits per heavy atom. The molecule has 0 unspecified atom stereocenters. The highest BCUT2D eigenvalue weighted by Gasteiger charge is 2.48. The van der Waals surface area contributed by atoms with E-state index in [2.05, 4.69) is 15.0 Å². The Hall–Kier alpha value is -5.49. The normalized spacial score (nSPS) is 19.0. The van der Waals surface area contributed by atoms with Crippen LogP contribution < -0.4 is 9.47 Å². The van der Waals surface area contributed by atoms with Gasteiger partial charge >= 0.3 is 0 Å². The van der Waals surface area contributed by atoms with E-state index in [-0.39, 0.29) is 24.5 Å². The SMILES string of the molecule is COc1ccc(C(OC[C@H]2O[C@@H](n3cnc4c(CC(=O)c5ccccc5)ncnc43)[C@H](F)[C@@H]2O)(c2ccccc2)c2ccc(OC)cc2)cc1. The molecule has 1 aliphatic rings. The summed E-state index contributed by atoms with van der Waals surface area (Å²) in [5.41, 5.74) is 2.77. The van der Waals surface area contributed by atoms with Crippen LogP contribution in [0.3, 0.4) is 0 Å². The lowest BCUT2D eigenvalue weighted by molar-refractivity contribution is -0.0935. The van der Waals surface area contributed by atoms with E-state index in [1.54, 1.807) is 38.5 Å². The summed E-state index contributed by atoms with van der Waals surface area (Å²) in [6.07, 6.45) is -2.99. The Bertz CT molecular complexity index is 2010. The lowest BCUT2D eigenvalue weighted by Crippen LogP contribution is -2.39. The second-order valence-electron chi connectivity index (χ2n) is 11.9. The molecule has 11 heteroatoms. The van der Waals surface area contributed by atoms with E-state index in [1.807, 2.05) is 84.9 Å². The minimum Gasteiger partial charge on any atom is -0.497 e. The second-order valence-corrected chi connectivity index (χ2v) is 11.9. The molecule has 0 bridgehead atoms. The summed E-state index contributed by atoms with van der Waals surface area (Å²) in [7, 11) is 3.20. The molecular formula is C39H35FN4O6. The average molecular weight is 675 g/mol. The van der Waals surface area contributed by atoms with Gasteiger partial charge in [-0.05, 0) is 41.0 Å². The number of ketones is 1. The van der Waals surface area contributed by atoms with E-state index in [0.717, 1.165) is 16.7 Å². The van der Waals surface area contributed by atoms with Crippen molar-refractivity contribution in [1.29, 1.82) is 0 Å². The summed E-state index contributed by atoms with van der Waals surface area (Å²) >= 11 is 0. The first-order valence-corrected chi connectivity index (χ1v) is 16.1. The third-order valence-corrected chi connectivity index (χ3v) is 9.06. The van der Waals surface area contributed by atoms with Crippen molar-refractivity contribution in [3.8, 4) is 11.5 Å². The molecule has 1 aliphatic heterocycles. The van der Waals surface area contributed by atoms with Crippen molar-refractivity contribution in [1.82, 2.24) is 19.5 Å². The molecule has 0 spiro atoms. The minimum absolute atomic E-state index is 0.0119. The van der Waals surface area contributed by atoms with Crippen molar-refractivity contribution < 1.29 is 33.2 Å². The van der Waals surface area contributed by atoms with Crippen LogP contribution in [0.25, 0.3) is 11.2 Å². The monoisotopic (exact) mass is 674 g/mol. The Labute approximate surface area is 288 Å². The minimum atomic E-state index is -1.83. The highest BCUT2D eigenvalue weighted by molar-refractivity contribution is 5.98. The largest absolute Gasteiger partial charge is 0.497 e. The highest BCUT2D eigenvalue weighted by atomic mass is 19.1. The first-order valence-electron chi connectivity index (χ1n) is 16.1. The zero-order chi connectivity index (χ0) is 34.7. The van der Waals surface area contributed by atoms with Gasteiger partial charge in [0.15, 0.2) is 23.8 Å². The number of aliphatic hydroxyl groups excluding tert-OH is 1. The van der Waals surface area contributed by atoms with Gasteiger partial charge in [0, 0.05) is 5.56 Å². The van der Waals surface area contributed by atoms with Crippen molar-refractivity contribution in [3.05, 3.63) is 150 Å². The molecule has 254 valence electrons. The van der Waals surface area contributed by atoms with Crippen molar-refractivity contribution in [3.63, 3.8) is 0 Å². The van der Waals surface area contributed by atoms with Gasteiger partial charge in [-0.25, -0.2) is 19.3 Å². The number of carbonyl (C=O) groups is 1. The molecule has 2 aromatic heterocycles. The summed E-state index contributed by atoms with van der Waals surface area (Å²) in [5.74, 6) is 1.21. The van der Waals surface area contributed by atoms with Gasteiger partial charge in [-0.1, -0.05) is 84.9 Å². The van der Waals surface area contributed by atoms with Gasteiger partial charge in [-0.3, -0.25) is 9.36 Å². The predicted molar refractivity (Wildman–Crippen MR) is 183 cm³/mol. The Kier molecular flexibility index (Phi) is 9.36. The van der Waals surface area contributed by atoms with Gasteiger partial charge < -0.3 is 24.1 Å². The number of imidazole rings is 1. The molecule has 1 saturated heterocycles. The quantitative estimate of drug-likeness (QED) is 0.126. The van der Waals surface area contributed by atoms with Gasteiger partial charge in [0.1, 0.15) is 41.2 Å². The van der Waals surface area contributed by atoms with Crippen LogP contribution in [-0.2, 0) is 21.5 Å². The van der Waals surface area contributed by atoms with E-state index in [1.165, 1.54) is 17.2 Å². The van der Waals surface area contributed by atoms with Crippen molar-refractivity contribution in [2.24, 2.45) is 0 Å². The second kappa shape index (κ2) is 14.2. The standard InChI is InChI=1S/C39H35FN4O6/c1-47-29-17-13-27(14-18-29)39(26-11-7-4-8-12-26,28-15-19-30(48-2)20-16-28)49-22-33-36(46)34(40)38(50-33)44-24-43-35-31(41-23-42-37(35)44)21-32(45)25-9-5-3-6-10-25/h3-20,23-24,33-34,36,38,46H,21-22H2,1-2H3/t33-,34-,36-,38-/m1/s1. The van der Waals surface area contributed by atoms with E-state index in [4.69, 9.17) is 18.9 Å². The van der Waals surface area contributed by atoms with Crippen molar-refractivity contribution in [2.75, 3.05) is 20.8 Å². The number of hydrogen-bond donors (Lipinski definition) is 1. The molecule has 4 atom stereocenters. The zero-order valence-corrected chi connectivity index (χ0v) is 27.4. The number of fused-ring (bicyclic) bond motifs is 1. The average Bonchev–Trinajstić information content (AvgIpc) is 3.73. The van der Waals surface area contributed by atoms with Crippen LogP contribution in [0.2, 0.25) is 0 Å². The highest BCUT2D eigenvalue weighted by Crippen LogP contribution is 2.43. The van der Waals surface area contributed by atoms with Crippen LogP contribution in [0.15, 0.2) is 122 Å². The maximum atomic E-state index is 16.0. The van der Waals surface area contributed by atoms with Gasteiger partial charge in [-0.15, -0.1) is 0 Å². The topological polar surface area (TPSA) is 118 Å². The number of benzene rings is 4. The third kappa shape index (κ3) is 6.11. The fourth-order valence-electron chi connectivity index (χ4n) is 6.44. The number of aromatic nitrogens is 4. The van der Waals surface area contributed by atoms with E-state index in [9.17, 15) is 9.90 Å². The number of Topliss-reactive ketones (excluding diaryl/α,β-unsaturated/α-hetero) is 1. The lowest BCUT2D eigenvalue weighted by Gasteiger charge is -2.37. The molecule has 0 saturated carbocycles. The van der Waals surface area contributed by atoms with Gasteiger partial charge in [0.25, 0.3) is 0 Å². The van der Waals surface area contributed by atoms with E-state index < -0.39 is 30.2 Å². The van der Waals surface area contributed by atoms with Crippen molar-refractivity contribution >= 4 is 16.9 Å². The Balaban J connectivity index is 1.20. The maximum absolute atomic E-state index is 16.0.